The Morgan fingerprint density at radius 1 is 1.26 bits per heavy atom. The lowest BCUT2D eigenvalue weighted by atomic mass is 10.1. The number of carbonyl (C=O) groups is 1. The Morgan fingerprint density at radius 3 is 2.70 bits per heavy atom. The molecule has 1 heterocycles. The number of methoxy groups -OCH3 is 1. The molecular weight excluding hydrogens is 297 g/mol. The molecule has 0 aliphatic rings. The highest BCUT2D eigenvalue weighted by Gasteiger charge is 2.12. The molecule has 5 nitrogen and oxygen atoms in total. The normalized spacial score (nSPS) is 10.7. The third-order valence-electron chi connectivity index (χ3n) is 3.60. The van der Waals surface area contributed by atoms with Crippen LogP contribution in [0.1, 0.15) is 15.9 Å². The van der Waals surface area contributed by atoms with Crippen molar-refractivity contribution in [3.8, 4) is 5.88 Å². The number of rotatable bonds is 4. The molecule has 118 valence electrons. The Bertz CT molecular complexity index is 856. The van der Waals surface area contributed by atoms with E-state index in [1.165, 1.54) is 12.1 Å². The number of ether oxygens (including phenoxy) is 1. The molecule has 1 aromatic heterocycles. The summed E-state index contributed by atoms with van der Waals surface area (Å²) < 4.78 is 19.8. The van der Waals surface area contributed by atoms with E-state index in [1.807, 2.05) is 6.07 Å². The monoisotopic (exact) mass is 313 g/mol. The molecule has 0 radical (unpaired) electrons. The van der Waals surface area contributed by atoms with Crippen LogP contribution in [0.25, 0.3) is 10.9 Å². The fraction of sp³-hybridized carbons (Fsp3) is 0.176. The number of nitrogens with zero attached hydrogens (tertiary/aromatic N) is 2. The summed E-state index contributed by atoms with van der Waals surface area (Å²) >= 11 is 0. The molecule has 3 rings (SSSR count). The Kier molecular flexibility index (Phi) is 3.97. The zero-order valence-electron chi connectivity index (χ0n) is 12.8. The topological polar surface area (TPSA) is 56.1 Å². The van der Waals surface area contributed by atoms with Gasteiger partial charge < -0.3 is 10.1 Å². The Morgan fingerprint density at radius 2 is 2.00 bits per heavy atom. The summed E-state index contributed by atoms with van der Waals surface area (Å²) in [5, 5.41) is 7.98. The van der Waals surface area contributed by atoms with E-state index in [2.05, 4.69) is 10.4 Å². The van der Waals surface area contributed by atoms with Crippen molar-refractivity contribution in [3.05, 3.63) is 59.4 Å². The van der Waals surface area contributed by atoms with E-state index in [0.717, 1.165) is 10.9 Å². The zero-order valence-corrected chi connectivity index (χ0v) is 12.8. The molecule has 3 aromatic rings. The maximum Gasteiger partial charge on any atom is 0.251 e. The predicted molar refractivity (Wildman–Crippen MR) is 84.8 cm³/mol. The second-order valence-corrected chi connectivity index (χ2v) is 5.17. The molecule has 0 atom stereocenters. The first kappa shape index (κ1) is 15.0. The van der Waals surface area contributed by atoms with Crippen molar-refractivity contribution in [2.75, 3.05) is 7.11 Å². The van der Waals surface area contributed by atoms with Gasteiger partial charge in [0.2, 0.25) is 5.88 Å². The summed E-state index contributed by atoms with van der Waals surface area (Å²) in [7, 11) is 3.37. The number of halogens is 1. The van der Waals surface area contributed by atoms with Crippen LogP contribution in [0.3, 0.4) is 0 Å². The Labute approximate surface area is 132 Å². The van der Waals surface area contributed by atoms with Gasteiger partial charge in [-0.3, -0.25) is 4.79 Å². The molecule has 2 aromatic carbocycles. The molecule has 0 bridgehead atoms. The second kappa shape index (κ2) is 6.08. The number of aromatic nitrogens is 2. The van der Waals surface area contributed by atoms with E-state index in [0.29, 0.717) is 23.5 Å². The van der Waals surface area contributed by atoms with E-state index in [-0.39, 0.29) is 11.7 Å². The van der Waals surface area contributed by atoms with Crippen LogP contribution < -0.4 is 10.1 Å². The third-order valence-corrected chi connectivity index (χ3v) is 3.60. The van der Waals surface area contributed by atoms with E-state index >= 15 is 0 Å². The minimum absolute atomic E-state index is 0.208. The number of aryl methyl sites for hydroxylation is 1. The number of benzene rings is 2. The summed E-state index contributed by atoms with van der Waals surface area (Å²) in [6, 6.07) is 11.3. The molecule has 0 saturated heterocycles. The van der Waals surface area contributed by atoms with Gasteiger partial charge in [0.25, 0.3) is 5.91 Å². The SMILES string of the molecule is COc1c2ccc(C(=O)NCc3ccc(F)cc3)cc2nn1C. The van der Waals surface area contributed by atoms with Crippen LogP contribution in [0.15, 0.2) is 42.5 Å². The van der Waals surface area contributed by atoms with E-state index in [1.54, 1.807) is 43.1 Å². The molecule has 23 heavy (non-hydrogen) atoms. The van der Waals surface area contributed by atoms with Crippen molar-refractivity contribution in [2.45, 2.75) is 6.54 Å². The lowest BCUT2D eigenvalue weighted by molar-refractivity contribution is 0.0951. The van der Waals surface area contributed by atoms with Crippen LogP contribution >= 0.6 is 0 Å². The van der Waals surface area contributed by atoms with Crippen molar-refractivity contribution < 1.29 is 13.9 Å². The summed E-state index contributed by atoms with van der Waals surface area (Å²) in [6.45, 7) is 0.336. The van der Waals surface area contributed by atoms with E-state index in [9.17, 15) is 9.18 Å². The minimum Gasteiger partial charge on any atom is -0.481 e. The molecular formula is C17H16FN3O2. The fourth-order valence-electron chi connectivity index (χ4n) is 2.45. The first-order valence-corrected chi connectivity index (χ1v) is 7.12. The van der Waals surface area contributed by atoms with Crippen molar-refractivity contribution in [3.63, 3.8) is 0 Å². The molecule has 0 aliphatic carbocycles. The van der Waals surface area contributed by atoms with Crippen molar-refractivity contribution in [1.82, 2.24) is 15.1 Å². The molecule has 0 unspecified atom stereocenters. The van der Waals surface area contributed by atoms with E-state index in [4.69, 9.17) is 4.74 Å². The van der Waals surface area contributed by atoms with Crippen molar-refractivity contribution in [1.29, 1.82) is 0 Å². The largest absolute Gasteiger partial charge is 0.481 e. The van der Waals surface area contributed by atoms with Gasteiger partial charge in [0.1, 0.15) is 5.82 Å². The summed E-state index contributed by atoms with van der Waals surface area (Å²) in [5.74, 6) is 0.147. The molecule has 0 spiro atoms. The summed E-state index contributed by atoms with van der Waals surface area (Å²) in [5.41, 5.74) is 2.04. The number of hydrogen-bond acceptors (Lipinski definition) is 3. The van der Waals surface area contributed by atoms with Gasteiger partial charge in [-0.1, -0.05) is 12.1 Å². The zero-order chi connectivity index (χ0) is 16.4. The first-order chi connectivity index (χ1) is 11.1. The lowest BCUT2D eigenvalue weighted by Gasteiger charge is -2.05. The quantitative estimate of drug-likeness (QED) is 0.805. The minimum atomic E-state index is -0.297. The maximum atomic E-state index is 12.9. The maximum absolute atomic E-state index is 12.9. The second-order valence-electron chi connectivity index (χ2n) is 5.17. The van der Waals surface area contributed by atoms with Crippen LogP contribution in [-0.4, -0.2) is 22.8 Å². The molecule has 1 N–H and O–H groups in total. The fourth-order valence-corrected chi connectivity index (χ4v) is 2.45. The molecule has 0 aliphatic heterocycles. The molecule has 1 amide bonds. The number of hydrogen-bond donors (Lipinski definition) is 1. The highest BCUT2D eigenvalue weighted by Crippen LogP contribution is 2.25. The van der Waals surface area contributed by atoms with Crippen LogP contribution in [0, 0.1) is 5.82 Å². The van der Waals surface area contributed by atoms with Gasteiger partial charge in [0.05, 0.1) is 18.0 Å². The van der Waals surface area contributed by atoms with E-state index < -0.39 is 0 Å². The van der Waals surface area contributed by atoms with Gasteiger partial charge in [-0.05, 0) is 35.9 Å². The van der Waals surface area contributed by atoms with Gasteiger partial charge in [-0.15, -0.1) is 0 Å². The summed E-state index contributed by atoms with van der Waals surface area (Å²) in [4.78, 5) is 12.2. The van der Waals surface area contributed by atoms with Gasteiger partial charge in [-0.25, -0.2) is 9.07 Å². The first-order valence-electron chi connectivity index (χ1n) is 7.12. The van der Waals surface area contributed by atoms with Gasteiger partial charge >= 0.3 is 0 Å². The van der Waals surface area contributed by atoms with Gasteiger partial charge in [0, 0.05) is 19.2 Å². The number of fused-ring (bicyclic) bond motifs is 1. The van der Waals surface area contributed by atoms with Crippen LogP contribution in [0.4, 0.5) is 4.39 Å². The molecule has 6 heteroatoms. The van der Waals surface area contributed by atoms with Crippen LogP contribution in [-0.2, 0) is 13.6 Å². The highest BCUT2D eigenvalue weighted by molar-refractivity contribution is 5.98. The van der Waals surface area contributed by atoms with Crippen molar-refractivity contribution in [2.24, 2.45) is 7.05 Å². The number of amides is 1. The standard InChI is InChI=1S/C17H16FN3O2/c1-21-17(23-2)14-8-5-12(9-15(14)20-21)16(22)19-10-11-3-6-13(18)7-4-11/h3-9H,10H2,1-2H3,(H,19,22). The van der Waals surface area contributed by atoms with Gasteiger partial charge in [-0.2, -0.15) is 5.10 Å². The average molecular weight is 313 g/mol. The van der Waals surface area contributed by atoms with Crippen molar-refractivity contribution >= 4 is 16.8 Å². The predicted octanol–water partition coefficient (Wildman–Crippen LogP) is 2.65. The third kappa shape index (κ3) is 3.01. The van der Waals surface area contributed by atoms with Gasteiger partial charge in [0.15, 0.2) is 0 Å². The highest BCUT2D eigenvalue weighted by atomic mass is 19.1. The number of nitrogens with one attached hydrogen (secondary N) is 1. The van der Waals surface area contributed by atoms with Crippen LogP contribution in [0.2, 0.25) is 0 Å². The Balaban J connectivity index is 1.77. The molecule has 0 saturated carbocycles. The molecule has 0 fully saturated rings. The number of carbonyl (C=O) groups excluding carboxylic acids is 1. The average Bonchev–Trinajstić information content (AvgIpc) is 2.88. The summed E-state index contributed by atoms with van der Waals surface area (Å²) in [6.07, 6.45) is 0. The Hall–Kier alpha value is -2.89. The van der Waals surface area contributed by atoms with Crippen LogP contribution in [0.5, 0.6) is 5.88 Å². The smallest absolute Gasteiger partial charge is 0.251 e. The lowest BCUT2D eigenvalue weighted by Crippen LogP contribution is -2.22.